The van der Waals surface area contributed by atoms with E-state index < -0.39 is 10.0 Å². The van der Waals surface area contributed by atoms with Crippen LogP contribution >= 0.6 is 0 Å². The van der Waals surface area contributed by atoms with Gasteiger partial charge in [0.05, 0.1) is 11.5 Å². The first-order valence-electron chi connectivity index (χ1n) is 8.58. The monoisotopic (exact) mass is 338 g/mol. The molecule has 0 aliphatic carbocycles. The van der Waals surface area contributed by atoms with Crippen LogP contribution in [0.25, 0.3) is 0 Å². The molecule has 0 amide bonds. The van der Waals surface area contributed by atoms with Crippen LogP contribution in [-0.4, -0.2) is 45.5 Å². The highest BCUT2D eigenvalue weighted by atomic mass is 32.2. The van der Waals surface area contributed by atoms with Crippen molar-refractivity contribution in [3.63, 3.8) is 0 Å². The van der Waals surface area contributed by atoms with Crippen molar-refractivity contribution in [2.45, 2.75) is 37.5 Å². The smallest absolute Gasteiger partial charge is 0.243 e. The predicted octanol–water partition coefficient (Wildman–Crippen LogP) is 2.02. The zero-order valence-corrected chi connectivity index (χ0v) is 14.6. The van der Waals surface area contributed by atoms with Crippen molar-refractivity contribution in [2.75, 3.05) is 32.8 Å². The van der Waals surface area contributed by atoms with E-state index in [0.29, 0.717) is 23.9 Å². The Labute approximate surface area is 139 Å². The van der Waals surface area contributed by atoms with E-state index in [4.69, 9.17) is 4.74 Å². The molecule has 6 heteroatoms. The molecule has 23 heavy (non-hydrogen) atoms. The van der Waals surface area contributed by atoms with Gasteiger partial charge in [-0.05, 0) is 68.5 Å². The van der Waals surface area contributed by atoms with E-state index in [1.54, 1.807) is 22.5 Å². The molecule has 0 aromatic heterocycles. The van der Waals surface area contributed by atoms with Crippen molar-refractivity contribution in [2.24, 2.45) is 5.92 Å². The second-order valence-electron chi connectivity index (χ2n) is 6.38. The van der Waals surface area contributed by atoms with Crippen LogP contribution < -0.4 is 10.1 Å². The number of hydrogen-bond acceptors (Lipinski definition) is 4. The van der Waals surface area contributed by atoms with Gasteiger partial charge < -0.3 is 10.1 Å². The van der Waals surface area contributed by atoms with Crippen molar-refractivity contribution >= 4 is 10.0 Å². The summed E-state index contributed by atoms with van der Waals surface area (Å²) in [4.78, 5) is 0.409. The molecule has 0 atom stereocenters. The number of nitrogens with one attached hydrogen (secondary N) is 1. The number of hydrogen-bond donors (Lipinski definition) is 1. The lowest BCUT2D eigenvalue weighted by Crippen LogP contribution is -2.40. The van der Waals surface area contributed by atoms with Gasteiger partial charge in [0.15, 0.2) is 0 Å². The number of benzene rings is 1. The fraction of sp³-hybridized carbons (Fsp3) is 0.647. The molecule has 128 valence electrons. The molecule has 0 radical (unpaired) electrons. The Morgan fingerprint density at radius 3 is 2.83 bits per heavy atom. The van der Waals surface area contributed by atoms with Crippen molar-refractivity contribution in [1.29, 1.82) is 0 Å². The van der Waals surface area contributed by atoms with Crippen LogP contribution in [0.15, 0.2) is 23.1 Å². The highest BCUT2D eigenvalue weighted by Gasteiger charge is 2.30. The topological polar surface area (TPSA) is 58.6 Å². The average Bonchev–Trinajstić information content (AvgIpc) is 2.60. The SMILES string of the molecule is CCNCC1CCN(S(=O)(=O)c2ccc3c(c2)CCCO3)CC1. The third-order valence-electron chi connectivity index (χ3n) is 4.77. The van der Waals surface area contributed by atoms with Gasteiger partial charge in [0, 0.05) is 13.1 Å². The summed E-state index contributed by atoms with van der Waals surface area (Å²) < 4.78 is 32.9. The zero-order chi connectivity index (χ0) is 16.3. The van der Waals surface area contributed by atoms with Crippen LogP contribution in [0.4, 0.5) is 0 Å². The van der Waals surface area contributed by atoms with Crippen LogP contribution in [-0.2, 0) is 16.4 Å². The molecule has 5 nitrogen and oxygen atoms in total. The molecule has 1 N–H and O–H groups in total. The second-order valence-corrected chi connectivity index (χ2v) is 8.31. The first-order chi connectivity index (χ1) is 11.1. The summed E-state index contributed by atoms with van der Waals surface area (Å²) in [6.45, 7) is 6.01. The molecule has 2 heterocycles. The van der Waals surface area contributed by atoms with Crippen LogP contribution in [0.2, 0.25) is 0 Å². The van der Waals surface area contributed by atoms with E-state index in [1.807, 2.05) is 0 Å². The number of sulfonamides is 1. The molecule has 0 saturated carbocycles. The lowest BCUT2D eigenvalue weighted by molar-refractivity contribution is 0.268. The van der Waals surface area contributed by atoms with E-state index in [-0.39, 0.29) is 0 Å². The highest BCUT2D eigenvalue weighted by Crippen LogP contribution is 2.30. The Balaban J connectivity index is 1.70. The molecule has 1 fully saturated rings. The Morgan fingerprint density at radius 2 is 2.09 bits per heavy atom. The van der Waals surface area contributed by atoms with E-state index >= 15 is 0 Å². The van der Waals surface area contributed by atoms with Crippen LogP contribution in [0.3, 0.4) is 0 Å². The molecule has 1 aromatic carbocycles. The molecule has 1 saturated heterocycles. The van der Waals surface area contributed by atoms with Gasteiger partial charge in [-0.1, -0.05) is 6.92 Å². The molecule has 0 bridgehead atoms. The first kappa shape index (κ1) is 16.7. The Morgan fingerprint density at radius 1 is 1.30 bits per heavy atom. The molecule has 0 spiro atoms. The van der Waals surface area contributed by atoms with E-state index in [9.17, 15) is 8.42 Å². The summed E-state index contributed by atoms with van der Waals surface area (Å²) in [6, 6.07) is 5.29. The maximum absolute atomic E-state index is 12.9. The van der Waals surface area contributed by atoms with E-state index in [0.717, 1.165) is 56.7 Å². The fourth-order valence-corrected chi connectivity index (χ4v) is 4.87. The minimum absolute atomic E-state index is 0.409. The van der Waals surface area contributed by atoms with Gasteiger partial charge in [-0.25, -0.2) is 8.42 Å². The summed E-state index contributed by atoms with van der Waals surface area (Å²) in [5.41, 5.74) is 1.01. The number of piperidine rings is 1. The normalized spacial score (nSPS) is 20.0. The van der Waals surface area contributed by atoms with Crippen molar-refractivity contribution in [3.05, 3.63) is 23.8 Å². The molecule has 1 aromatic rings. The summed E-state index contributed by atoms with van der Waals surface area (Å²) >= 11 is 0. The summed E-state index contributed by atoms with van der Waals surface area (Å²) in [5.74, 6) is 1.41. The summed E-state index contributed by atoms with van der Waals surface area (Å²) in [7, 11) is -3.38. The van der Waals surface area contributed by atoms with E-state index in [1.165, 1.54) is 0 Å². The molecular formula is C17H26N2O3S. The van der Waals surface area contributed by atoms with Crippen molar-refractivity contribution in [3.8, 4) is 5.75 Å². The Kier molecular flexibility index (Phi) is 5.24. The van der Waals surface area contributed by atoms with Crippen LogP contribution in [0.5, 0.6) is 5.75 Å². The van der Waals surface area contributed by atoms with E-state index in [2.05, 4.69) is 12.2 Å². The molecule has 3 rings (SSSR count). The third kappa shape index (κ3) is 3.70. The van der Waals surface area contributed by atoms with Crippen LogP contribution in [0.1, 0.15) is 31.7 Å². The summed E-state index contributed by atoms with van der Waals surface area (Å²) in [5, 5.41) is 3.36. The third-order valence-corrected chi connectivity index (χ3v) is 6.67. The molecule has 2 aliphatic heterocycles. The van der Waals surface area contributed by atoms with Gasteiger partial charge >= 0.3 is 0 Å². The minimum atomic E-state index is -3.38. The van der Waals surface area contributed by atoms with Gasteiger partial charge in [0.1, 0.15) is 5.75 Å². The minimum Gasteiger partial charge on any atom is -0.493 e. The Bertz CT molecular complexity index is 637. The number of fused-ring (bicyclic) bond motifs is 1. The fourth-order valence-electron chi connectivity index (χ4n) is 3.35. The number of aryl methyl sites for hydroxylation is 1. The quantitative estimate of drug-likeness (QED) is 0.892. The Hall–Kier alpha value is -1.11. The maximum atomic E-state index is 12.9. The van der Waals surface area contributed by atoms with Gasteiger partial charge in [-0.3, -0.25) is 0 Å². The lowest BCUT2D eigenvalue weighted by atomic mass is 9.98. The number of nitrogens with zero attached hydrogens (tertiary/aromatic N) is 1. The lowest BCUT2D eigenvalue weighted by Gasteiger charge is -2.31. The number of rotatable bonds is 5. The molecule has 0 unspecified atom stereocenters. The summed E-state index contributed by atoms with van der Waals surface area (Å²) in [6.07, 6.45) is 3.70. The second kappa shape index (κ2) is 7.20. The highest BCUT2D eigenvalue weighted by molar-refractivity contribution is 7.89. The largest absolute Gasteiger partial charge is 0.493 e. The molecular weight excluding hydrogens is 312 g/mol. The van der Waals surface area contributed by atoms with Crippen LogP contribution in [0, 0.1) is 5.92 Å². The first-order valence-corrected chi connectivity index (χ1v) is 10.0. The predicted molar refractivity (Wildman–Crippen MR) is 90.3 cm³/mol. The van der Waals surface area contributed by atoms with Gasteiger partial charge in [0.2, 0.25) is 10.0 Å². The van der Waals surface area contributed by atoms with Crippen molar-refractivity contribution < 1.29 is 13.2 Å². The average molecular weight is 338 g/mol. The van der Waals surface area contributed by atoms with Gasteiger partial charge in [0.25, 0.3) is 0 Å². The van der Waals surface area contributed by atoms with Crippen molar-refractivity contribution in [1.82, 2.24) is 9.62 Å². The molecule has 2 aliphatic rings. The van der Waals surface area contributed by atoms with Gasteiger partial charge in [-0.15, -0.1) is 0 Å². The maximum Gasteiger partial charge on any atom is 0.243 e. The standard InChI is InChI=1S/C17H26N2O3S/c1-2-18-13-14-7-9-19(10-8-14)23(20,21)16-5-6-17-15(12-16)4-3-11-22-17/h5-6,12,14,18H,2-4,7-11,13H2,1H3. The zero-order valence-electron chi connectivity index (χ0n) is 13.8. The number of ether oxygens (including phenoxy) is 1. The van der Waals surface area contributed by atoms with Gasteiger partial charge in [-0.2, -0.15) is 4.31 Å².